The molecular formula is C15H23N3O2S. The SMILES string of the molecule is O=C(NCC(c1ccco1)N1CCCC1)C1CSCCN1. The van der Waals surface area contributed by atoms with E-state index in [2.05, 4.69) is 15.5 Å². The summed E-state index contributed by atoms with van der Waals surface area (Å²) >= 11 is 1.84. The van der Waals surface area contributed by atoms with Crippen molar-refractivity contribution >= 4 is 17.7 Å². The van der Waals surface area contributed by atoms with E-state index in [4.69, 9.17) is 4.42 Å². The molecular weight excluding hydrogens is 286 g/mol. The van der Waals surface area contributed by atoms with Gasteiger partial charge in [-0.1, -0.05) is 0 Å². The zero-order valence-corrected chi connectivity index (χ0v) is 13.0. The molecule has 0 saturated carbocycles. The summed E-state index contributed by atoms with van der Waals surface area (Å²) in [5, 5.41) is 6.38. The monoisotopic (exact) mass is 309 g/mol. The molecule has 0 aromatic carbocycles. The molecule has 1 aromatic heterocycles. The Morgan fingerprint density at radius 1 is 1.52 bits per heavy atom. The number of likely N-dealkylation sites (tertiary alicyclic amines) is 1. The first kappa shape index (κ1) is 14.9. The summed E-state index contributed by atoms with van der Waals surface area (Å²) in [5.41, 5.74) is 0. The van der Waals surface area contributed by atoms with Gasteiger partial charge in [-0.3, -0.25) is 9.69 Å². The number of thioether (sulfide) groups is 1. The van der Waals surface area contributed by atoms with Crippen LogP contribution in [0.25, 0.3) is 0 Å². The van der Waals surface area contributed by atoms with Gasteiger partial charge >= 0.3 is 0 Å². The first-order valence-electron chi connectivity index (χ1n) is 7.71. The summed E-state index contributed by atoms with van der Waals surface area (Å²) in [6.45, 7) is 3.70. The zero-order chi connectivity index (χ0) is 14.5. The van der Waals surface area contributed by atoms with Crippen LogP contribution in [0.1, 0.15) is 24.6 Å². The van der Waals surface area contributed by atoms with Crippen LogP contribution in [0, 0.1) is 0 Å². The van der Waals surface area contributed by atoms with Crippen LogP contribution < -0.4 is 10.6 Å². The average Bonchev–Trinajstić information content (AvgIpc) is 3.22. The van der Waals surface area contributed by atoms with E-state index in [0.29, 0.717) is 6.54 Å². The van der Waals surface area contributed by atoms with Crippen molar-refractivity contribution in [2.75, 3.05) is 37.7 Å². The lowest BCUT2D eigenvalue weighted by molar-refractivity contribution is -0.122. The van der Waals surface area contributed by atoms with Gasteiger partial charge in [0.15, 0.2) is 0 Å². The molecule has 2 saturated heterocycles. The van der Waals surface area contributed by atoms with E-state index in [1.807, 2.05) is 23.9 Å². The second kappa shape index (κ2) is 7.33. The Kier molecular flexibility index (Phi) is 5.22. The quantitative estimate of drug-likeness (QED) is 0.857. The Balaban J connectivity index is 1.58. The van der Waals surface area contributed by atoms with Gasteiger partial charge in [0.2, 0.25) is 5.91 Å². The molecule has 3 rings (SSSR count). The van der Waals surface area contributed by atoms with E-state index in [1.54, 1.807) is 6.26 Å². The Bertz CT molecular complexity index is 440. The highest BCUT2D eigenvalue weighted by Crippen LogP contribution is 2.24. The van der Waals surface area contributed by atoms with Crippen LogP contribution in [0.5, 0.6) is 0 Å². The topological polar surface area (TPSA) is 57.5 Å². The minimum atomic E-state index is -0.0559. The van der Waals surface area contributed by atoms with Crippen molar-refractivity contribution in [3.8, 4) is 0 Å². The van der Waals surface area contributed by atoms with Gasteiger partial charge in [-0.05, 0) is 38.1 Å². The molecule has 0 bridgehead atoms. The fourth-order valence-corrected chi connectivity index (χ4v) is 3.93. The lowest BCUT2D eigenvalue weighted by atomic mass is 10.2. The average molecular weight is 309 g/mol. The number of amides is 1. The summed E-state index contributed by atoms with van der Waals surface area (Å²) in [7, 11) is 0. The molecule has 1 amide bonds. The molecule has 6 heteroatoms. The maximum atomic E-state index is 12.3. The van der Waals surface area contributed by atoms with Crippen molar-refractivity contribution < 1.29 is 9.21 Å². The molecule has 2 aliphatic heterocycles. The molecule has 0 radical (unpaired) electrons. The third-order valence-corrected chi connectivity index (χ3v) is 5.22. The van der Waals surface area contributed by atoms with Crippen molar-refractivity contribution in [3.63, 3.8) is 0 Å². The second-order valence-corrected chi connectivity index (χ2v) is 6.75. The number of nitrogens with zero attached hydrogens (tertiary/aromatic N) is 1. The number of furan rings is 1. The van der Waals surface area contributed by atoms with Crippen molar-refractivity contribution in [2.45, 2.75) is 24.9 Å². The molecule has 21 heavy (non-hydrogen) atoms. The third-order valence-electron chi connectivity index (χ3n) is 4.16. The molecule has 1 aromatic rings. The van der Waals surface area contributed by atoms with E-state index < -0.39 is 0 Å². The van der Waals surface area contributed by atoms with Gasteiger partial charge in [0.25, 0.3) is 0 Å². The van der Waals surface area contributed by atoms with Gasteiger partial charge < -0.3 is 15.1 Å². The van der Waals surface area contributed by atoms with E-state index in [9.17, 15) is 4.79 Å². The number of rotatable bonds is 5. The van der Waals surface area contributed by atoms with Crippen molar-refractivity contribution in [3.05, 3.63) is 24.2 Å². The van der Waals surface area contributed by atoms with Crippen LogP contribution in [-0.2, 0) is 4.79 Å². The fraction of sp³-hybridized carbons (Fsp3) is 0.667. The van der Waals surface area contributed by atoms with Gasteiger partial charge in [0.1, 0.15) is 5.76 Å². The first-order chi connectivity index (χ1) is 10.3. The Labute approximate surface area is 129 Å². The largest absolute Gasteiger partial charge is 0.468 e. The second-order valence-electron chi connectivity index (χ2n) is 5.60. The summed E-state index contributed by atoms with van der Waals surface area (Å²) in [6, 6.07) is 4.02. The van der Waals surface area contributed by atoms with Gasteiger partial charge in [-0.2, -0.15) is 11.8 Å². The van der Waals surface area contributed by atoms with E-state index >= 15 is 0 Å². The number of hydrogen-bond donors (Lipinski definition) is 2. The molecule has 3 heterocycles. The van der Waals surface area contributed by atoms with Gasteiger partial charge in [-0.15, -0.1) is 0 Å². The maximum absolute atomic E-state index is 12.3. The van der Waals surface area contributed by atoms with Gasteiger partial charge in [0.05, 0.1) is 18.3 Å². The predicted molar refractivity (Wildman–Crippen MR) is 84.4 cm³/mol. The number of hydrogen-bond acceptors (Lipinski definition) is 5. The third kappa shape index (κ3) is 3.81. The van der Waals surface area contributed by atoms with Crippen LogP contribution in [0.3, 0.4) is 0 Å². The predicted octanol–water partition coefficient (Wildman–Crippen LogP) is 1.24. The standard InChI is InChI=1S/C15H23N3O2S/c19-15(12-11-21-9-5-16-12)17-10-13(14-4-3-8-20-14)18-6-1-2-7-18/h3-4,8,12-13,16H,1-2,5-7,9-11H2,(H,17,19). The van der Waals surface area contributed by atoms with Crippen LogP contribution in [0.4, 0.5) is 0 Å². The lowest BCUT2D eigenvalue weighted by Gasteiger charge is -2.28. The zero-order valence-electron chi connectivity index (χ0n) is 12.2. The highest BCUT2D eigenvalue weighted by Gasteiger charge is 2.27. The van der Waals surface area contributed by atoms with E-state index in [1.165, 1.54) is 12.8 Å². The smallest absolute Gasteiger partial charge is 0.238 e. The molecule has 2 atom stereocenters. The molecule has 5 nitrogen and oxygen atoms in total. The highest BCUT2D eigenvalue weighted by atomic mass is 32.2. The molecule has 2 fully saturated rings. The Hall–Kier alpha value is -0.980. The number of nitrogens with one attached hydrogen (secondary N) is 2. The van der Waals surface area contributed by atoms with E-state index in [0.717, 1.165) is 36.9 Å². The normalized spacial score (nSPS) is 24.9. The number of carbonyl (C=O) groups is 1. The first-order valence-corrected chi connectivity index (χ1v) is 8.86. The lowest BCUT2D eigenvalue weighted by Crippen LogP contribution is -2.50. The minimum absolute atomic E-state index is 0.0559. The highest BCUT2D eigenvalue weighted by molar-refractivity contribution is 7.99. The summed E-state index contributed by atoms with van der Waals surface area (Å²) < 4.78 is 5.57. The molecule has 0 spiro atoms. The van der Waals surface area contributed by atoms with Gasteiger partial charge in [-0.25, -0.2) is 0 Å². The van der Waals surface area contributed by atoms with Crippen molar-refractivity contribution in [1.29, 1.82) is 0 Å². The maximum Gasteiger partial charge on any atom is 0.238 e. The number of carbonyl (C=O) groups excluding carboxylic acids is 1. The van der Waals surface area contributed by atoms with Crippen molar-refractivity contribution in [2.24, 2.45) is 0 Å². The fourth-order valence-electron chi connectivity index (χ4n) is 3.00. The van der Waals surface area contributed by atoms with E-state index in [-0.39, 0.29) is 18.0 Å². The van der Waals surface area contributed by atoms with Crippen LogP contribution in [0.15, 0.2) is 22.8 Å². The summed E-state index contributed by atoms with van der Waals surface area (Å²) in [5.74, 6) is 3.01. The summed E-state index contributed by atoms with van der Waals surface area (Å²) in [4.78, 5) is 14.7. The molecule has 2 unspecified atom stereocenters. The molecule has 2 aliphatic rings. The van der Waals surface area contributed by atoms with Crippen LogP contribution in [0.2, 0.25) is 0 Å². The Morgan fingerprint density at radius 2 is 2.38 bits per heavy atom. The van der Waals surface area contributed by atoms with Crippen LogP contribution in [-0.4, -0.2) is 54.5 Å². The summed E-state index contributed by atoms with van der Waals surface area (Å²) in [6.07, 6.45) is 4.16. The Morgan fingerprint density at radius 3 is 3.05 bits per heavy atom. The minimum Gasteiger partial charge on any atom is -0.468 e. The molecule has 2 N–H and O–H groups in total. The van der Waals surface area contributed by atoms with Crippen LogP contribution >= 0.6 is 11.8 Å². The molecule has 116 valence electrons. The molecule has 0 aliphatic carbocycles. The van der Waals surface area contributed by atoms with Crippen molar-refractivity contribution in [1.82, 2.24) is 15.5 Å². The van der Waals surface area contributed by atoms with Gasteiger partial charge in [0, 0.05) is 24.6 Å².